The van der Waals surface area contributed by atoms with E-state index in [1.807, 2.05) is 18.5 Å². The third kappa shape index (κ3) is 5.07. The minimum absolute atomic E-state index is 0.263. The number of benzene rings is 1. The quantitative estimate of drug-likeness (QED) is 0.624. The fourth-order valence-corrected chi connectivity index (χ4v) is 3.17. The lowest BCUT2D eigenvalue weighted by atomic mass is 10.1. The first-order valence-electron chi connectivity index (χ1n) is 9.55. The number of hydrogen-bond donors (Lipinski definition) is 1. The molecule has 0 spiro atoms. The fourth-order valence-electron chi connectivity index (χ4n) is 3.17. The highest BCUT2D eigenvalue weighted by Crippen LogP contribution is 2.12. The van der Waals surface area contributed by atoms with Gasteiger partial charge in [0.1, 0.15) is 12.4 Å². The maximum atomic E-state index is 5.74. The summed E-state index contributed by atoms with van der Waals surface area (Å²) in [4.78, 5) is 6.96. The number of nitrogens with one attached hydrogen (secondary N) is 1. The average Bonchev–Trinajstić information content (AvgIpc) is 3.28. The molecule has 0 bridgehead atoms. The Bertz CT molecular complexity index is 779. The number of aliphatic imine (C=N–C) groups is 1. The van der Waals surface area contributed by atoms with Crippen molar-refractivity contribution in [3.05, 3.63) is 47.0 Å². The van der Waals surface area contributed by atoms with Crippen LogP contribution in [0.2, 0.25) is 0 Å². The number of aromatic nitrogens is 3. The van der Waals surface area contributed by atoms with E-state index >= 15 is 0 Å². The van der Waals surface area contributed by atoms with Crippen LogP contribution in [0.3, 0.4) is 0 Å². The summed E-state index contributed by atoms with van der Waals surface area (Å²) in [7, 11) is 4.03. The van der Waals surface area contributed by atoms with Crippen LogP contribution >= 0.6 is 0 Å². The Labute approximate surface area is 161 Å². The van der Waals surface area contributed by atoms with E-state index in [-0.39, 0.29) is 6.10 Å². The maximum absolute atomic E-state index is 5.74. The van der Waals surface area contributed by atoms with Crippen molar-refractivity contribution in [2.45, 2.75) is 45.9 Å². The molecular formula is C20H30N6O. The highest BCUT2D eigenvalue weighted by Gasteiger charge is 2.17. The van der Waals surface area contributed by atoms with E-state index in [1.165, 1.54) is 11.1 Å². The molecule has 0 aliphatic carbocycles. The van der Waals surface area contributed by atoms with Crippen molar-refractivity contribution < 1.29 is 4.74 Å². The summed E-state index contributed by atoms with van der Waals surface area (Å²) >= 11 is 0. The zero-order valence-corrected chi connectivity index (χ0v) is 16.8. The monoisotopic (exact) mass is 370 g/mol. The molecule has 27 heavy (non-hydrogen) atoms. The zero-order valence-electron chi connectivity index (χ0n) is 16.8. The highest BCUT2D eigenvalue weighted by molar-refractivity contribution is 5.79. The second-order valence-corrected chi connectivity index (χ2v) is 7.16. The molecule has 146 valence electrons. The minimum Gasteiger partial charge on any atom is -0.376 e. The largest absolute Gasteiger partial charge is 0.376 e. The molecule has 2 heterocycles. The Morgan fingerprint density at radius 2 is 2.15 bits per heavy atom. The molecule has 1 aliphatic heterocycles. The molecule has 0 saturated carbocycles. The van der Waals surface area contributed by atoms with Gasteiger partial charge >= 0.3 is 0 Å². The van der Waals surface area contributed by atoms with Crippen molar-refractivity contribution in [1.82, 2.24) is 25.0 Å². The third-order valence-electron chi connectivity index (χ3n) is 5.10. The van der Waals surface area contributed by atoms with Crippen LogP contribution in [0.1, 0.15) is 35.6 Å². The first kappa shape index (κ1) is 19.4. The van der Waals surface area contributed by atoms with Gasteiger partial charge in [-0.15, -0.1) is 10.2 Å². The lowest BCUT2D eigenvalue weighted by molar-refractivity contribution is 0.113. The van der Waals surface area contributed by atoms with Crippen LogP contribution < -0.4 is 5.32 Å². The van der Waals surface area contributed by atoms with Crippen molar-refractivity contribution >= 4 is 5.96 Å². The topological polar surface area (TPSA) is 67.6 Å². The van der Waals surface area contributed by atoms with E-state index in [2.05, 4.69) is 58.7 Å². The number of aryl methyl sites for hydroxylation is 2. The van der Waals surface area contributed by atoms with Gasteiger partial charge in [0.05, 0.1) is 6.10 Å². The molecule has 1 aromatic heterocycles. The number of nitrogens with zero attached hydrogens (tertiary/aromatic N) is 5. The third-order valence-corrected chi connectivity index (χ3v) is 5.10. The fraction of sp³-hybridized carbons (Fsp3) is 0.550. The average molecular weight is 371 g/mol. The maximum Gasteiger partial charge on any atom is 0.194 e. The van der Waals surface area contributed by atoms with Gasteiger partial charge in [-0.1, -0.05) is 24.3 Å². The van der Waals surface area contributed by atoms with Crippen molar-refractivity contribution in [2.24, 2.45) is 12.0 Å². The summed E-state index contributed by atoms with van der Waals surface area (Å²) in [5.41, 5.74) is 2.58. The summed E-state index contributed by atoms with van der Waals surface area (Å²) in [6, 6.07) is 8.45. The van der Waals surface area contributed by atoms with E-state index in [4.69, 9.17) is 9.73 Å². The predicted octanol–water partition coefficient (Wildman–Crippen LogP) is 2.19. The second-order valence-electron chi connectivity index (χ2n) is 7.16. The smallest absolute Gasteiger partial charge is 0.194 e. The molecule has 0 amide bonds. The summed E-state index contributed by atoms with van der Waals surface area (Å²) in [6.07, 6.45) is 2.50. The van der Waals surface area contributed by atoms with Crippen LogP contribution in [0.5, 0.6) is 0 Å². The van der Waals surface area contributed by atoms with Crippen molar-refractivity contribution in [3.8, 4) is 0 Å². The van der Waals surface area contributed by atoms with Crippen LogP contribution in [0, 0.1) is 13.8 Å². The van der Waals surface area contributed by atoms with Gasteiger partial charge in [-0.3, -0.25) is 0 Å². The number of guanidine groups is 1. The number of rotatable bonds is 6. The zero-order chi connectivity index (χ0) is 19.2. The Balaban J connectivity index is 1.72. The van der Waals surface area contributed by atoms with Crippen LogP contribution in [0.25, 0.3) is 0 Å². The SMILES string of the molecule is Cc1ccccc1CN(C)C(=NCc1nnc(C)n1C)NCC1CCCO1. The summed E-state index contributed by atoms with van der Waals surface area (Å²) in [5.74, 6) is 2.60. The van der Waals surface area contributed by atoms with E-state index in [0.29, 0.717) is 6.54 Å². The van der Waals surface area contributed by atoms with E-state index < -0.39 is 0 Å². The molecule has 1 N–H and O–H groups in total. The van der Waals surface area contributed by atoms with Gasteiger partial charge in [0.15, 0.2) is 11.8 Å². The van der Waals surface area contributed by atoms with E-state index in [9.17, 15) is 0 Å². The summed E-state index contributed by atoms with van der Waals surface area (Å²) in [6.45, 7) is 7.00. The molecule has 2 aromatic rings. The van der Waals surface area contributed by atoms with Gasteiger partial charge in [-0.25, -0.2) is 4.99 Å². The van der Waals surface area contributed by atoms with Crippen molar-refractivity contribution in [3.63, 3.8) is 0 Å². The lowest BCUT2D eigenvalue weighted by Gasteiger charge is -2.24. The number of ether oxygens (including phenoxy) is 1. The lowest BCUT2D eigenvalue weighted by Crippen LogP contribution is -2.42. The summed E-state index contributed by atoms with van der Waals surface area (Å²) in [5, 5.41) is 11.8. The van der Waals surface area contributed by atoms with Gasteiger partial charge < -0.3 is 19.5 Å². The minimum atomic E-state index is 0.263. The first-order chi connectivity index (χ1) is 13.0. The van der Waals surface area contributed by atoms with Gasteiger partial charge in [0, 0.05) is 33.8 Å². The molecule has 0 radical (unpaired) electrons. The molecule has 1 saturated heterocycles. The molecule has 1 aliphatic rings. The molecule has 7 heteroatoms. The normalized spacial score (nSPS) is 17.3. The second kappa shape index (κ2) is 8.99. The molecule has 1 unspecified atom stereocenters. The van der Waals surface area contributed by atoms with E-state index in [1.54, 1.807) is 0 Å². The Hall–Kier alpha value is -2.41. The van der Waals surface area contributed by atoms with Crippen molar-refractivity contribution in [1.29, 1.82) is 0 Å². The molecular weight excluding hydrogens is 340 g/mol. The molecule has 3 rings (SSSR count). The number of hydrogen-bond acceptors (Lipinski definition) is 4. The predicted molar refractivity (Wildman–Crippen MR) is 107 cm³/mol. The molecule has 1 atom stereocenters. The molecule has 1 fully saturated rings. The standard InChI is InChI=1S/C20H30N6O/c1-15-8-5-6-9-17(15)14-25(3)20(21-12-18-10-7-11-27-18)22-13-19-24-23-16(2)26(19)4/h5-6,8-9,18H,7,10-14H2,1-4H3,(H,21,22). The van der Waals surface area contributed by atoms with Crippen LogP contribution in [-0.2, 0) is 24.9 Å². The Kier molecular flexibility index (Phi) is 6.45. The highest BCUT2D eigenvalue weighted by atomic mass is 16.5. The van der Waals surface area contributed by atoms with Crippen LogP contribution in [0.15, 0.2) is 29.3 Å². The first-order valence-corrected chi connectivity index (χ1v) is 9.55. The van der Waals surface area contributed by atoms with Crippen LogP contribution in [-0.4, -0.2) is 51.9 Å². The molecule has 1 aromatic carbocycles. The van der Waals surface area contributed by atoms with Gasteiger partial charge in [-0.2, -0.15) is 0 Å². The van der Waals surface area contributed by atoms with Gasteiger partial charge in [0.2, 0.25) is 0 Å². The summed E-state index contributed by atoms with van der Waals surface area (Å²) < 4.78 is 7.72. The van der Waals surface area contributed by atoms with Gasteiger partial charge in [0.25, 0.3) is 0 Å². The molecule has 7 nitrogen and oxygen atoms in total. The van der Waals surface area contributed by atoms with E-state index in [0.717, 1.165) is 50.1 Å². The Morgan fingerprint density at radius 1 is 1.33 bits per heavy atom. The Morgan fingerprint density at radius 3 is 2.81 bits per heavy atom. The van der Waals surface area contributed by atoms with Crippen molar-refractivity contribution in [2.75, 3.05) is 20.2 Å². The van der Waals surface area contributed by atoms with Crippen LogP contribution in [0.4, 0.5) is 0 Å². The van der Waals surface area contributed by atoms with Gasteiger partial charge in [-0.05, 0) is 37.8 Å².